The normalized spacial score (nSPS) is 18.1. The topological polar surface area (TPSA) is 40.5 Å². The van der Waals surface area contributed by atoms with Crippen molar-refractivity contribution < 1.29 is 4.79 Å². The molecule has 5 rings (SSSR count). The Morgan fingerprint density at radius 1 is 1.03 bits per heavy atom. The number of nitrogens with one attached hydrogen (secondary N) is 1. The molecule has 2 saturated heterocycles. The number of nitrogens with zero attached hydrogens (tertiary/aromatic N) is 3. The fourth-order valence-electron chi connectivity index (χ4n) is 4.93. The van der Waals surface area contributed by atoms with E-state index in [2.05, 4.69) is 64.3 Å². The van der Waals surface area contributed by atoms with Crippen LogP contribution in [0.2, 0.25) is 5.02 Å². The Kier molecular flexibility index (Phi) is 5.63. The van der Waals surface area contributed by atoms with Gasteiger partial charge in [0.1, 0.15) is 0 Å². The number of piperidine rings is 1. The Morgan fingerprint density at radius 3 is 2.52 bits per heavy atom. The van der Waals surface area contributed by atoms with Gasteiger partial charge in [-0.05, 0) is 74.7 Å². The monoisotopic (exact) mass is 436 g/mol. The molecule has 1 aromatic heterocycles. The van der Waals surface area contributed by atoms with Crippen molar-refractivity contribution in [3.63, 3.8) is 0 Å². The third-order valence-corrected chi connectivity index (χ3v) is 7.00. The van der Waals surface area contributed by atoms with E-state index < -0.39 is 0 Å². The van der Waals surface area contributed by atoms with Crippen molar-refractivity contribution in [1.82, 2.24) is 19.7 Å². The van der Waals surface area contributed by atoms with Crippen LogP contribution < -0.4 is 5.32 Å². The number of likely N-dealkylation sites (tertiary alicyclic amines) is 1. The molecule has 0 bridgehead atoms. The minimum Gasteiger partial charge on any atom is -0.336 e. The van der Waals surface area contributed by atoms with Crippen molar-refractivity contribution >= 4 is 28.5 Å². The Hall–Kier alpha value is -2.50. The number of halogens is 1. The number of carbonyl (C=O) groups is 1. The van der Waals surface area contributed by atoms with E-state index in [4.69, 9.17) is 11.6 Å². The van der Waals surface area contributed by atoms with Gasteiger partial charge in [-0.1, -0.05) is 29.3 Å². The van der Waals surface area contributed by atoms with Crippen molar-refractivity contribution in [2.75, 3.05) is 39.3 Å². The summed E-state index contributed by atoms with van der Waals surface area (Å²) in [6.07, 6.45) is 4.58. The summed E-state index contributed by atoms with van der Waals surface area (Å²) in [4.78, 5) is 16.2. The quantitative estimate of drug-likeness (QED) is 0.624. The molecule has 0 saturated carbocycles. The maximum Gasteiger partial charge on any atom is 0.317 e. The molecule has 0 aliphatic carbocycles. The van der Waals surface area contributed by atoms with Crippen LogP contribution in [0.5, 0.6) is 0 Å². The summed E-state index contributed by atoms with van der Waals surface area (Å²) in [5.74, 6) is 0.527. The second-order valence-electron chi connectivity index (χ2n) is 8.79. The van der Waals surface area contributed by atoms with Gasteiger partial charge in [0.2, 0.25) is 0 Å². The Morgan fingerprint density at radius 2 is 1.81 bits per heavy atom. The fraction of sp³-hybridized carbons (Fsp3) is 0.400. The number of hydrogen-bond acceptors (Lipinski definition) is 2. The molecule has 3 aromatic rings. The van der Waals surface area contributed by atoms with Gasteiger partial charge >= 0.3 is 6.03 Å². The number of carbonyl (C=O) groups excluding carboxylic acids is 1. The number of urea groups is 1. The lowest BCUT2D eigenvalue weighted by molar-refractivity contribution is 0.181. The van der Waals surface area contributed by atoms with Crippen LogP contribution in [0, 0.1) is 6.92 Å². The molecule has 2 aromatic carbocycles. The Bertz CT molecular complexity index is 1080. The molecule has 0 radical (unpaired) electrons. The average Bonchev–Trinajstić information content (AvgIpc) is 3.36. The van der Waals surface area contributed by atoms with E-state index in [0.717, 1.165) is 57.1 Å². The molecule has 3 heterocycles. The van der Waals surface area contributed by atoms with Gasteiger partial charge in [0.05, 0.1) is 5.52 Å². The predicted molar refractivity (Wildman–Crippen MR) is 126 cm³/mol. The number of amides is 2. The van der Waals surface area contributed by atoms with Gasteiger partial charge in [-0.25, -0.2) is 4.79 Å². The van der Waals surface area contributed by atoms with Crippen LogP contribution in [-0.4, -0.2) is 59.7 Å². The van der Waals surface area contributed by atoms with Crippen LogP contribution in [0.3, 0.4) is 0 Å². The zero-order valence-electron chi connectivity index (χ0n) is 18.0. The van der Waals surface area contributed by atoms with Gasteiger partial charge in [0, 0.05) is 48.5 Å². The Balaban J connectivity index is 1.34. The number of rotatable bonds is 5. The van der Waals surface area contributed by atoms with Crippen LogP contribution >= 0.6 is 11.6 Å². The van der Waals surface area contributed by atoms with Crippen molar-refractivity contribution in [2.24, 2.45) is 0 Å². The van der Waals surface area contributed by atoms with Gasteiger partial charge in [-0.2, -0.15) is 0 Å². The summed E-state index contributed by atoms with van der Waals surface area (Å²) in [7, 11) is 0. The molecule has 0 unspecified atom stereocenters. The maximum absolute atomic E-state index is 11.8. The number of fused-ring (bicyclic) bond motifs is 1. The van der Waals surface area contributed by atoms with Crippen LogP contribution in [0.1, 0.15) is 29.9 Å². The largest absolute Gasteiger partial charge is 0.336 e. The first kappa shape index (κ1) is 20.4. The van der Waals surface area contributed by atoms with E-state index in [1.165, 1.54) is 27.7 Å². The summed E-state index contributed by atoms with van der Waals surface area (Å²) in [6.45, 7) is 7.63. The van der Waals surface area contributed by atoms with Gasteiger partial charge in [0.15, 0.2) is 0 Å². The highest BCUT2D eigenvalue weighted by molar-refractivity contribution is 6.31. The molecule has 2 amide bonds. The second-order valence-corrected chi connectivity index (χ2v) is 9.22. The lowest BCUT2D eigenvalue weighted by Gasteiger charge is -2.32. The molecule has 162 valence electrons. The van der Waals surface area contributed by atoms with E-state index in [-0.39, 0.29) is 6.03 Å². The van der Waals surface area contributed by atoms with Crippen molar-refractivity contribution in [3.05, 3.63) is 64.8 Å². The summed E-state index contributed by atoms with van der Waals surface area (Å²) in [6, 6.07) is 15.0. The number of benzene rings is 2. The standard InChI is InChI=1S/C25H29ClN4O/c1-18-2-5-21(6-3-18)30-17-23(22-16-20(26)4-7-24(22)30)19-8-11-28(12-9-19)14-15-29-13-10-27-25(29)31/h2-7,16-17,19H,8-15H2,1H3,(H,27,31). The fourth-order valence-corrected chi connectivity index (χ4v) is 5.10. The first-order valence-corrected chi connectivity index (χ1v) is 11.6. The lowest BCUT2D eigenvalue weighted by atomic mass is 9.89. The van der Waals surface area contributed by atoms with E-state index in [1.807, 2.05) is 11.0 Å². The predicted octanol–water partition coefficient (Wildman–Crippen LogP) is 4.80. The summed E-state index contributed by atoms with van der Waals surface area (Å²) in [5.41, 5.74) is 5.06. The van der Waals surface area contributed by atoms with Crippen LogP contribution in [0.15, 0.2) is 48.7 Å². The molecule has 2 fully saturated rings. The SMILES string of the molecule is Cc1ccc(-n2cc(C3CCN(CCN4CCNC4=O)CC3)c3cc(Cl)ccc32)cc1. The summed E-state index contributed by atoms with van der Waals surface area (Å²) >= 11 is 6.39. The van der Waals surface area contributed by atoms with Crippen LogP contribution in [-0.2, 0) is 0 Å². The van der Waals surface area contributed by atoms with Crippen molar-refractivity contribution in [3.8, 4) is 5.69 Å². The maximum atomic E-state index is 11.8. The molecule has 2 aliphatic heterocycles. The third kappa shape index (κ3) is 4.17. The summed E-state index contributed by atoms with van der Waals surface area (Å²) < 4.78 is 2.30. The molecule has 2 aliphatic rings. The molecule has 1 N–H and O–H groups in total. The van der Waals surface area contributed by atoms with Gasteiger partial charge in [0.25, 0.3) is 0 Å². The minimum absolute atomic E-state index is 0.0793. The van der Waals surface area contributed by atoms with Crippen molar-refractivity contribution in [2.45, 2.75) is 25.7 Å². The molecule has 5 nitrogen and oxygen atoms in total. The van der Waals surface area contributed by atoms with Gasteiger partial charge < -0.3 is 19.7 Å². The van der Waals surface area contributed by atoms with E-state index >= 15 is 0 Å². The van der Waals surface area contributed by atoms with Crippen LogP contribution in [0.25, 0.3) is 16.6 Å². The van der Waals surface area contributed by atoms with Gasteiger partial charge in [-0.3, -0.25) is 0 Å². The highest BCUT2D eigenvalue weighted by Crippen LogP contribution is 2.37. The number of aryl methyl sites for hydroxylation is 1. The molecule has 0 spiro atoms. The highest BCUT2D eigenvalue weighted by atomic mass is 35.5. The van der Waals surface area contributed by atoms with Gasteiger partial charge in [-0.15, -0.1) is 0 Å². The molecule has 6 heteroatoms. The van der Waals surface area contributed by atoms with Crippen molar-refractivity contribution in [1.29, 1.82) is 0 Å². The zero-order valence-corrected chi connectivity index (χ0v) is 18.7. The summed E-state index contributed by atoms with van der Waals surface area (Å²) in [5, 5.41) is 4.93. The third-order valence-electron chi connectivity index (χ3n) is 6.77. The highest BCUT2D eigenvalue weighted by Gasteiger charge is 2.26. The van der Waals surface area contributed by atoms with E-state index in [0.29, 0.717) is 5.92 Å². The lowest BCUT2D eigenvalue weighted by Crippen LogP contribution is -2.40. The minimum atomic E-state index is 0.0793. The first-order chi connectivity index (χ1) is 15.1. The number of aromatic nitrogens is 1. The molecular weight excluding hydrogens is 408 g/mol. The first-order valence-electron chi connectivity index (χ1n) is 11.2. The number of hydrogen-bond donors (Lipinski definition) is 1. The van der Waals surface area contributed by atoms with Crippen LogP contribution in [0.4, 0.5) is 4.79 Å². The second kappa shape index (κ2) is 8.56. The Labute approximate surface area is 188 Å². The average molecular weight is 437 g/mol. The smallest absolute Gasteiger partial charge is 0.317 e. The van der Waals surface area contributed by atoms with E-state index in [1.54, 1.807) is 0 Å². The zero-order chi connectivity index (χ0) is 21.4. The molecule has 31 heavy (non-hydrogen) atoms. The molecular formula is C25H29ClN4O. The molecule has 0 atom stereocenters. The van der Waals surface area contributed by atoms with E-state index in [9.17, 15) is 4.79 Å².